The second kappa shape index (κ2) is 9.85. The lowest BCUT2D eigenvalue weighted by Crippen LogP contribution is -2.35. The summed E-state index contributed by atoms with van der Waals surface area (Å²) in [5.74, 6) is -0.0571. The molecular formula is C24H24F3N9O3S. The van der Waals surface area contributed by atoms with Crippen LogP contribution in [0.15, 0.2) is 34.5 Å². The number of sulfonamides is 1. The Balaban J connectivity index is 1.64. The van der Waals surface area contributed by atoms with Crippen LogP contribution in [0.3, 0.4) is 0 Å². The Bertz CT molecular complexity index is 1790. The molecule has 0 aliphatic heterocycles. The fraction of sp³-hybridized carbons (Fsp3) is 0.375. The molecule has 0 saturated heterocycles. The Morgan fingerprint density at radius 1 is 1.10 bits per heavy atom. The molecule has 5 rings (SSSR count). The average molecular weight is 576 g/mol. The van der Waals surface area contributed by atoms with E-state index < -0.39 is 27.8 Å². The zero-order valence-electron chi connectivity index (χ0n) is 21.6. The van der Waals surface area contributed by atoms with E-state index in [0.717, 1.165) is 25.5 Å². The van der Waals surface area contributed by atoms with Crippen LogP contribution in [-0.4, -0.2) is 49.1 Å². The second-order valence-electron chi connectivity index (χ2n) is 9.55. The molecule has 4 heterocycles. The van der Waals surface area contributed by atoms with Gasteiger partial charge < -0.3 is 5.32 Å². The number of rotatable bonds is 7. The van der Waals surface area contributed by atoms with Gasteiger partial charge in [0.05, 0.1) is 22.6 Å². The summed E-state index contributed by atoms with van der Waals surface area (Å²) in [7, 11) is -4.01. The third-order valence-electron chi connectivity index (χ3n) is 6.58. The first-order valence-corrected chi connectivity index (χ1v) is 13.7. The van der Waals surface area contributed by atoms with Gasteiger partial charge in [-0.15, -0.1) is 0 Å². The van der Waals surface area contributed by atoms with Crippen molar-refractivity contribution in [2.45, 2.75) is 63.3 Å². The molecule has 40 heavy (non-hydrogen) atoms. The van der Waals surface area contributed by atoms with Gasteiger partial charge in [0.2, 0.25) is 0 Å². The van der Waals surface area contributed by atoms with Gasteiger partial charge in [-0.05, 0) is 45.2 Å². The van der Waals surface area contributed by atoms with Crippen molar-refractivity contribution in [1.82, 2.24) is 34.5 Å². The van der Waals surface area contributed by atoms with Gasteiger partial charge in [-0.2, -0.15) is 13.2 Å². The van der Waals surface area contributed by atoms with Crippen molar-refractivity contribution in [3.8, 4) is 11.4 Å². The smallest absolute Gasteiger partial charge is 0.361 e. The van der Waals surface area contributed by atoms with Crippen molar-refractivity contribution in [3.05, 3.63) is 57.7 Å². The summed E-state index contributed by atoms with van der Waals surface area (Å²) in [6.45, 7) is 4.09. The molecule has 1 aliphatic carbocycles. The maximum Gasteiger partial charge on any atom is 0.409 e. The van der Waals surface area contributed by atoms with Crippen LogP contribution in [0.1, 0.15) is 54.4 Å². The highest BCUT2D eigenvalue weighted by atomic mass is 32.2. The predicted octanol–water partition coefficient (Wildman–Crippen LogP) is 2.92. The van der Waals surface area contributed by atoms with Gasteiger partial charge in [-0.1, -0.05) is 6.07 Å². The van der Waals surface area contributed by atoms with Gasteiger partial charge in [0, 0.05) is 18.7 Å². The zero-order chi connectivity index (χ0) is 29.0. The molecule has 0 bridgehead atoms. The number of primary sulfonamides is 1. The van der Waals surface area contributed by atoms with Crippen LogP contribution in [0.4, 0.5) is 19.0 Å². The number of nitrogens with one attached hydrogen (secondary N) is 1. The van der Waals surface area contributed by atoms with E-state index in [4.69, 9.17) is 5.14 Å². The summed E-state index contributed by atoms with van der Waals surface area (Å²) >= 11 is 0. The number of nitrogens with two attached hydrogens (primary N) is 1. The van der Waals surface area contributed by atoms with Crippen molar-refractivity contribution in [3.63, 3.8) is 0 Å². The van der Waals surface area contributed by atoms with Crippen LogP contribution in [0.2, 0.25) is 0 Å². The van der Waals surface area contributed by atoms with Crippen LogP contribution in [0, 0.1) is 13.8 Å². The Kier molecular flexibility index (Phi) is 6.78. The molecule has 210 valence electrons. The van der Waals surface area contributed by atoms with E-state index in [1.807, 2.05) is 0 Å². The highest BCUT2D eigenvalue weighted by Crippen LogP contribution is 2.43. The lowest BCUT2D eigenvalue weighted by atomic mass is 10.1. The van der Waals surface area contributed by atoms with Crippen molar-refractivity contribution in [2.75, 3.05) is 5.32 Å². The first kappa shape index (κ1) is 27.5. The van der Waals surface area contributed by atoms with E-state index in [0.29, 0.717) is 21.4 Å². The summed E-state index contributed by atoms with van der Waals surface area (Å²) in [4.78, 5) is 39.0. The van der Waals surface area contributed by atoms with Crippen molar-refractivity contribution in [2.24, 2.45) is 5.14 Å². The molecule has 1 fully saturated rings. The predicted molar refractivity (Wildman–Crippen MR) is 138 cm³/mol. The molecule has 1 atom stereocenters. The number of hydrogen-bond donors (Lipinski definition) is 2. The number of pyridine rings is 1. The van der Waals surface area contributed by atoms with E-state index in [2.05, 4.69) is 35.2 Å². The van der Waals surface area contributed by atoms with E-state index in [1.165, 1.54) is 24.7 Å². The minimum atomic E-state index is -4.77. The van der Waals surface area contributed by atoms with Gasteiger partial charge in [-0.3, -0.25) is 9.36 Å². The van der Waals surface area contributed by atoms with Gasteiger partial charge in [0.1, 0.15) is 17.9 Å². The quantitative estimate of drug-likeness (QED) is 0.334. The van der Waals surface area contributed by atoms with Gasteiger partial charge >= 0.3 is 6.18 Å². The minimum Gasteiger partial charge on any atom is -0.361 e. The molecule has 0 unspecified atom stereocenters. The van der Waals surface area contributed by atoms with E-state index in [1.54, 1.807) is 13.8 Å². The Morgan fingerprint density at radius 2 is 1.82 bits per heavy atom. The normalized spacial score (nSPS) is 14.9. The van der Waals surface area contributed by atoms with Gasteiger partial charge in [-0.25, -0.2) is 43.5 Å². The fourth-order valence-corrected chi connectivity index (χ4v) is 4.71. The molecule has 0 amide bonds. The Morgan fingerprint density at radius 3 is 2.42 bits per heavy atom. The SMILES string of the molecule is Cc1ncnc(C2CC2)c1-c1nc(C)c2nc(NCc3ccc(S(N)(=O)=O)nc3)c(=O)n([C@@H](C)C(F)(F)F)c2n1. The molecule has 4 aromatic heterocycles. The topological polar surface area (TPSA) is 172 Å². The number of aromatic nitrogens is 7. The number of fused-ring (bicyclic) bond motifs is 1. The van der Waals surface area contributed by atoms with Crippen molar-refractivity contribution >= 4 is 27.0 Å². The first-order chi connectivity index (χ1) is 18.8. The molecule has 16 heteroatoms. The molecule has 0 radical (unpaired) electrons. The van der Waals surface area contributed by atoms with Crippen LogP contribution in [-0.2, 0) is 16.6 Å². The van der Waals surface area contributed by atoms with Gasteiger partial charge in [0.15, 0.2) is 22.3 Å². The van der Waals surface area contributed by atoms with Crippen LogP contribution >= 0.6 is 0 Å². The second-order valence-corrected chi connectivity index (χ2v) is 11.1. The molecule has 0 spiro atoms. The largest absolute Gasteiger partial charge is 0.409 e. The third-order valence-corrected chi connectivity index (χ3v) is 7.40. The third kappa shape index (κ3) is 5.23. The van der Waals surface area contributed by atoms with Crippen LogP contribution in [0.5, 0.6) is 0 Å². The van der Waals surface area contributed by atoms with Crippen molar-refractivity contribution < 1.29 is 21.6 Å². The monoisotopic (exact) mass is 575 g/mol. The first-order valence-electron chi connectivity index (χ1n) is 12.2. The van der Waals surface area contributed by atoms with E-state index in [9.17, 15) is 26.4 Å². The maximum absolute atomic E-state index is 14.0. The Hall–Kier alpha value is -4.05. The minimum absolute atomic E-state index is 0.00659. The van der Waals surface area contributed by atoms with Crippen molar-refractivity contribution in [1.29, 1.82) is 0 Å². The van der Waals surface area contributed by atoms with Crippen LogP contribution in [0.25, 0.3) is 22.6 Å². The number of hydrogen-bond acceptors (Lipinski definition) is 10. The van der Waals surface area contributed by atoms with Gasteiger partial charge in [0.25, 0.3) is 15.6 Å². The molecule has 3 N–H and O–H groups in total. The summed E-state index contributed by atoms with van der Waals surface area (Å²) in [6.07, 6.45) is -0.287. The highest BCUT2D eigenvalue weighted by Gasteiger charge is 2.40. The zero-order valence-corrected chi connectivity index (χ0v) is 22.4. The maximum atomic E-state index is 14.0. The molecular weight excluding hydrogens is 551 g/mol. The number of aryl methyl sites for hydroxylation is 2. The average Bonchev–Trinajstić information content (AvgIpc) is 3.72. The number of alkyl halides is 3. The molecule has 12 nitrogen and oxygen atoms in total. The lowest BCUT2D eigenvalue weighted by Gasteiger charge is -2.22. The number of nitrogens with zero attached hydrogens (tertiary/aromatic N) is 7. The molecule has 1 saturated carbocycles. The summed E-state index contributed by atoms with van der Waals surface area (Å²) < 4.78 is 65.4. The standard InChI is InChI=1S/C24H24F3N9O3S/c1-11-17(19(15-5-6-15)32-10-31-11)20-33-12(2)18-22(35-20)36(13(3)24(25,26)27)23(37)21(34-18)30-9-14-4-7-16(29-8-14)40(28,38)39/h4,7-8,10,13,15H,5-6,9H2,1-3H3,(H,30,34)(H2,28,38,39)/t13-/m0/s1. The fourth-order valence-electron chi connectivity index (χ4n) is 4.26. The summed E-state index contributed by atoms with van der Waals surface area (Å²) in [5, 5.41) is 7.43. The highest BCUT2D eigenvalue weighted by molar-refractivity contribution is 7.89. The number of anilines is 1. The summed E-state index contributed by atoms with van der Waals surface area (Å²) in [6, 6.07) is 0.342. The molecule has 1 aliphatic rings. The number of halogens is 3. The van der Waals surface area contributed by atoms with E-state index >= 15 is 0 Å². The molecule has 0 aromatic carbocycles. The van der Waals surface area contributed by atoms with E-state index in [-0.39, 0.29) is 46.0 Å². The van der Waals surface area contributed by atoms with Crippen LogP contribution < -0.4 is 16.0 Å². The molecule has 4 aromatic rings. The Labute approximate surface area is 226 Å². The lowest BCUT2D eigenvalue weighted by molar-refractivity contribution is -0.162. The summed E-state index contributed by atoms with van der Waals surface area (Å²) in [5.41, 5.74) is 1.21.